The van der Waals surface area contributed by atoms with E-state index in [4.69, 9.17) is 9.98 Å². The van der Waals surface area contributed by atoms with Crippen molar-refractivity contribution in [2.75, 3.05) is 0 Å². The van der Waals surface area contributed by atoms with Crippen molar-refractivity contribution in [2.45, 2.75) is 25.4 Å². The van der Waals surface area contributed by atoms with Gasteiger partial charge in [-0.05, 0) is 113 Å². The summed E-state index contributed by atoms with van der Waals surface area (Å²) in [6, 6.07) is 73.2. The maximum atomic E-state index is 5.35. The molecule has 0 fully saturated rings. The number of nitrogens with zero attached hydrogens (tertiary/aromatic N) is 2. The molecule has 0 radical (unpaired) electrons. The van der Waals surface area contributed by atoms with E-state index in [0.29, 0.717) is 0 Å². The minimum Gasteiger partial charge on any atom is -0.344 e. The molecule has 2 aliphatic rings. The lowest BCUT2D eigenvalue weighted by Crippen LogP contribution is -2.33. The second-order valence-corrected chi connectivity index (χ2v) is 18.8. The molecule has 13 rings (SSSR count). The average molecular weight is 836 g/mol. The van der Waals surface area contributed by atoms with E-state index in [1.807, 2.05) is 11.3 Å². The van der Waals surface area contributed by atoms with E-state index >= 15 is 0 Å². The van der Waals surface area contributed by atoms with Crippen molar-refractivity contribution in [1.29, 1.82) is 0 Å². The number of rotatable bonds is 5. The van der Waals surface area contributed by atoms with Crippen molar-refractivity contribution in [1.82, 2.24) is 5.32 Å². The van der Waals surface area contributed by atoms with Gasteiger partial charge < -0.3 is 5.32 Å². The maximum Gasteiger partial charge on any atom is 0.160 e. The van der Waals surface area contributed by atoms with Crippen molar-refractivity contribution < 1.29 is 0 Å². The Morgan fingerprint density at radius 2 is 0.984 bits per heavy atom. The third-order valence-electron chi connectivity index (χ3n) is 13.7. The Hall–Kier alpha value is -7.66. The first kappa shape index (κ1) is 36.9. The molecule has 1 unspecified atom stereocenters. The van der Waals surface area contributed by atoms with Gasteiger partial charge >= 0.3 is 0 Å². The smallest absolute Gasteiger partial charge is 0.160 e. The summed E-state index contributed by atoms with van der Waals surface area (Å²) in [5.74, 6) is 1.58. The van der Waals surface area contributed by atoms with Crippen molar-refractivity contribution in [3.05, 3.63) is 228 Å². The van der Waals surface area contributed by atoms with E-state index in [0.717, 1.165) is 28.4 Å². The van der Waals surface area contributed by atoms with Gasteiger partial charge in [0.25, 0.3) is 0 Å². The molecule has 0 spiro atoms. The van der Waals surface area contributed by atoms with Gasteiger partial charge in [0.1, 0.15) is 12.0 Å². The summed E-state index contributed by atoms with van der Waals surface area (Å²) in [5, 5.41) is 14.0. The lowest BCUT2D eigenvalue weighted by atomic mass is 9.82. The highest BCUT2D eigenvalue weighted by molar-refractivity contribution is 7.25. The average Bonchev–Trinajstić information content (AvgIpc) is 3.84. The lowest BCUT2D eigenvalue weighted by Gasteiger charge is -2.25. The van der Waals surface area contributed by atoms with Crippen LogP contribution in [-0.4, -0.2) is 11.7 Å². The summed E-state index contributed by atoms with van der Waals surface area (Å²) in [6.07, 6.45) is -0.283. The van der Waals surface area contributed by atoms with Gasteiger partial charge in [-0.2, -0.15) is 0 Å². The Morgan fingerprint density at radius 1 is 0.422 bits per heavy atom. The molecule has 0 bridgehead atoms. The summed E-state index contributed by atoms with van der Waals surface area (Å²) in [5.41, 5.74) is 13.1. The van der Waals surface area contributed by atoms with Gasteiger partial charge in [0.05, 0.1) is 0 Å². The molecule has 4 heteroatoms. The SMILES string of the molecule is CC1(C)c2ccccc2-c2c(C3=NC(c4ccccc4)NC(c4ccc5c(c4)sc4ccc(-c6cccc(-c7ccc8c9ccccc9c9ccccc9c8c7)c6)cc45)=N3)cccc21. The van der Waals surface area contributed by atoms with Gasteiger partial charge in [-0.15, -0.1) is 11.3 Å². The van der Waals surface area contributed by atoms with E-state index < -0.39 is 0 Å². The summed E-state index contributed by atoms with van der Waals surface area (Å²) in [7, 11) is 0. The molecular weight excluding hydrogens is 795 g/mol. The van der Waals surface area contributed by atoms with Crippen LogP contribution in [0.2, 0.25) is 0 Å². The Morgan fingerprint density at radius 3 is 1.75 bits per heavy atom. The fourth-order valence-corrected chi connectivity index (χ4v) is 11.7. The lowest BCUT2D eigenvalue weighted by molar-refractivity contribution is 0.660. The molecule has 0 saturated heterocycles. The first-order valence-electron chi connectivity index (χ1n) is 22.1. The molecule has 11 aromatic rings. The van der Waals surface area contributed by atoms with Crippen LogP contribution in [0.3, 0.4) is 0 Å². The molecule has 2 heterocycles. The van der Waals surface area contributed by atoms with Gasteiger partial charge in [0, 0.05) is 36.7 Å². The molecule has 1 N–H and O–H groups in total. The highest BCUT2D eigenvalue weighted by Gasteiger charge is 2.37. The Bertz CT molecular complexity index is 3760. The Balaban J connectivity index is 0.877. The summed E-state index contributed by atoms with van der Waals surface area (Å²) in [6.45, 7) is 4.64. The highest BCUT2D eigenvalue weighted by Crippen LogP contribution is 2.50. The topological polar surface area (TPSA) is 36.8 Å². The van der Waals surface area contributed by atoms with Crippen LogP contribution >= 0.6 is 11.3 Å². The van der Waals surface area contributed by atoms with Crippen LogP contribution in [0.25, 0.3) is 85.9 Å². The van der Waals surface area contributed by atoms with Crippen molar-refractivity contribution >= 4 is 75.5 Å². The van der Waals surface area contributed by atoms with Gasteiger partial charge in [0.15, 0.2) is 5.84 Å². The number of aliphatic imine (C=N–C) groups is 2. The fourth-order valence-electron chi connectivity index (χ4n) is 10.5. The molecule has 64 heavy (non-hydrogen) atoms. The predicted molar refractivity (Wildman–Crippen MR) is 272 cm³/mol. The Kier molecular flexibility index (Phi) is 8.19. The van der Waals surface area contributed by atoms with Crippen molar-refractivity contribution in [3.63, 3.8) is 0 Å². The van der Waals surface area contributed by atoms with Crippen LogP contribution in [0.4, 0.5) is 0 Å². The second kappa shape index (κ2) is 14.2. The molecule has 10 aromatic carbocycles. The van der Waals surface area contributed by atoms with E-state index in [-0.39, 0.29) is 11.6 Å². The standard InChI is InChI=1S/C60H41N3S/c1-60(2)52-24-11-10-22-48(52)56-49(23-13-25-53(56)60)59-62-57(36-14-4-3-5-15-36)61-58(63-59)41-27-30-47-51-34-40(28-31-54(51)64-55(47)35-41)38-17-12-16-37(32-38)39-26-29-46-44-20-7-6-18-42(44)43-19-8-9-21-45(43)50(46)33-39/h3-35,57H,1-2H3,(H,61,62,63). The molecule has 1 aliphatic carbocycles. The van der Waals surface area contributed by atoms with Crippen LogP contribution in [0.1, 0.15) is 47.8 Å². The molecule has 302 valence electrons. The maximum absolute atomic E-state index is 5.35. The quantitative estimate of drug-likeness (QED) is 0.172. The monoisotopic (exact) mass is 835 g/mol. The zero-order valence-corrected chi connectivity index (χ0v) is 36.2. The minimum absolute atomic E-state index is 0.112. The molecule has 0 saturated carbocycles. The van der Waals surface area contributed by atoms with Gasteiger partial charge in [-0.3, -0.25) is 0 Å². The zero-order valence-electron chi connectivity index (χ0n) is 35.4. The van der Waals surface area contributed by atoms with Gasteiger partial charge in [-0.25, -0.2) is 9.98 Å². The van der Waals surface area contributed by atoms with Gasteiger partial charge in [0.2, 0.25) is 0 Å². The van der Waals surface area contributed by atoms with Crippen LogP contribution < -0.4 is 5.32 Å². The number of benzene rings is 10. The number of thiophene rings is 1. The van der Waals surface area contributed by atoms with Crippen LogP contribution in [0.15, 0.2) is 210 Å². The van der Waals surface area contributed by atoms with Gasteiger partial charge in [-0.1, -0.05) is 184 Å². The third-order valence-corrected chi connectivity index (χ3v) is 14.9. The highest BCUT2D eigenvalue weighted by atomic mass is 32.1. The van der Waals surface area contributed by atoms with E-state index in [9.17, 15) is 0 Å². The molecule has 1 aliphatic heterocycles. The normalized spacial score (nSPS) is 15.3. The summed E-state index contributed by atoms with van der Waals surface area (Å²) in [4.78, 5) is 10.7. The number of hydrogen-bond donors (Lipinski definition) is 1. The molecule has 3 nitrogen and oxygen atoms in total. The van der Waals surface area contributed by atoms with Crippen LogP contribution in [0, 0.1) is 0 Å². The van der Waals surface area contributed by atoms with Crippen molar-refractivity contribution in [3.8, 4) is 33.4 Å². The number of amidine groups is 2. The van der Waals surface area contributed by atoms with Crippen LogP contribution in [-0.2, 0) is 5.41 Å². The molecule has 1 aromatic heterocycles. The first-order valence-corrected chi connectivity index (χ1v) is 22.9. The second-order valence-electron chi connectivity index (χ2n) is 17.7. The molecule has 0 amide bonds. The zero-order chi connectivity index (χ0) is 42.5. The molecule has 1 atom stereocenters. The van der Waals surface area contributed by atoms with E-state index in [1.54, 1.807) is 0 Å². The first-order chi connectivity index (χ1) is 31.5. The fraction of sp³-hybridized carbons (Fsp3) is 0.0667. The van der Waals surface area contributed by atoms with E-state index in [2.05, 4.69) is 219 Å². The van der Waals surface area contributed by atoms with Crippen LogP contribution in [0.5, 0.6) is 0 Å². The number of nitrogens with one attached hydrogen (secondary N) is 1. The molecular formula is C60H41N3S. The summed E-state index contributed by atoms with van der Waals surface area (Å²) < 4.78 is 2.50. The third kappa shape index (κ3) is 5.72. The number of fused-ring (bicyclic) bond motifs is 12. The predicted octanol–water partition coefficient (Wildman–Crippen LogP) is 15.6. The number of hydrogen-bond acceptors (Lipinski definition) is 4. The van der Waals surface area contributed by atoms with Crippen molar-refractivity contribution in [2.24, 2.45) is 9.98 Å². The largest absolute Gasteiger partial charge is 0.344 e. The Labute approximate surface area is 375 Å². The minimum atomic E-state index is -0.283. The van der Waals surface area contributed by atoms with E-state index in [1.165, 1.54) is 97.0 Å². The summed E-state index contributed by atoms with van der Waals surface area (Å²) >= 11 is 1.84.